The third-order valence-corrected chi connectivity index (χ3v) is 7.18. The van der Waals surface area contributed by atoms with E-state index in [1.165, 1.54) is 12.3 Å². The van der Waals surface area contributed by atoms with E-state index < -0.39 is 17.4 Å². The van der Waals surface area contributed by atoms with Crippen LogP contribution in [-0.4, -0.2) is 33.6 Å². The van der Waals surface area contributed by atoms with Gasteiger partial charge in [0.05, 0.1) is 40.9 Å². The maximum Gasteiger partial charge on any atom is 0.511 e. The number of ether oxygens (including phenoxy) is 2. The Balaban J connectivity index is 1.95. The summed E-state index contributed by atoms with van der Waals surface area (Å²) in [6, 6.07) is 7.63. The molecule has 1 aromatic heterocycles. The van der Waals surface area contributed by atoms with E-state index in [0.717, 1.165) is 32.1 Å². The van der Waals surface area contributed by atoms with Crippen LogP contribution in [0.2, 0.25) is 5.02 Å². The van der Waals surface area contributed by atoms with E-state index in [-0.39, 0.29) is 47.2 Å². The van der Waals surface area contributed by atoms with Gasteiger partial charge in [0, 0.05) is 12.5 Å². The third kappa shape index (κ3) is 5.91. The Bertz CT molecular complexity index is 1350. The molecule has 37 heavy (non-hydrogen) atoms. The van der Waals surface area contributed by atoms with Crippen molar-refractivity contribution in [3.05, 3.63) is 68.7 Å². The molecular weight excluding hydrogens is 501 g/mol. The van der Waals surface area contributed by atoms with Crippen molar-refractivity contribution in [1.82, 2.24) is 4.57 Å². The van der Waals surface area contributed by atoms with Gasteiger partial charge in [-0.1, -0.05) is 43.0 Å². The maximum atomic E-state index is 14.8. The van der Waals surface area contributed by atoms with Crippen molar-refractivity contribution < 1.29 is 28.9 Å². The average molecular weight is 532 g/mol. The van der Waals surface area contributed by atoms with Gasteiger partial charge in [0.25, 0.3) is 0 Å². The van der Waals surface area contributed by atoms with Crippen LogP contribution in [0.3, 0.4) is 0 Å². The number of fused-ring (bicyclic) bond motifs is 1. The quantitative estimate of drug-likeness (QED) is 0.329. The third-order valence-electron chi connectivity index (χ3n) is 6.89. The van der Waals surface area contributed by atoms with Gasteiger partial charge < -0.3 is 24.3 Å². The Morgan fingerprint density at radius 3 is 2.54 bits per heavy atom. The Morgan fingerprint density at radius 2 is 1.89 bits per heavy atom. The second kappa shape index (κ2) is 11.5. The monoisotopic (exact) mass is 531 g/mol. The van der Waals surface area contributed by atoms with Crippen LogP contribution in [0.15, 0.2) is 41.3 Å². The SMILES string of the molecule is CC(C)Oc1cc2c(cc1Cc1cccc(Cl)c1F)c(=O)c(OC(=O)O)cn2[C@H](CO)C1CCCCC1. The van der Waals surface area contributed by atoms with Crippen LogP contribution < -0.4 is 14.9 Å². The average Bonchev–Trinajstić information content (AvgIpc) is 2.86. The predicted octanol–water partition coefficient (Wildman–Crippen LogP) is 6.34. The molecule has 1 fully saturated rings. The fourth-order valence-corrected chi connectivity index (χ4v) is 5.41. The fraction of sp³-hybridized carbons (Fsp3) is 0.429. The lowest BCUT2D eigenvalue weighted by Crippen LogP contribution is -2.27. The molecule has 1 heterocycles. The van der Waals surface area contributed by atoms with E-state index in [0.29, 0.717) is 22.4 Å². The number of pyridine rings is 1. The van der Waals surface area contributed by atoms with Crippen LogP contribution in [0, 0.1) is 11.7 Å². The van der Waals surface area contributed by atoms with Gasteiger partial charge in [0.15, 0.2) is 5.75 Å². The van der Waals surface area contributed by atoms with E-state index in [1.807, 2.05) is 13.8 Å². The number of hydrogen-bond donors (Lipinski definition) is 2. The van der Waals surface area contributed by atoms with Crippen LogP contribution in [0.25, 0.3) is 10.9 Å². The van der Waals surface area contributed by atoms with Gasteiger partial charge in [-0.25, -0.2) is 9.18 Å². The lowest BCUT2D eigenvalue weighted by Gasteiger charge is -2.32. The number of benzene rings is 2. The standard InChI is InChI=1S/C28H31ClFNO6/c1-16(2)36-24-13-22-20(12-19(24)11-18-9-6-10-21(29)26(18)30)27(33)25(37-28(34)35)14-31(22)23(15-32)17-7-4-3-5-8-17/h6,9-10,12-14,16-17,23,32H,3-5,7-8,11,15H2,1-2H3,(H,34,35)/t23-/m1/s1. The number of rotatable bonds is 8. The number of hydrogen-bond acceptors (Lipinski definition) is 5. The Labute approximate surface area is 219 Å². The topological polar surface area (TPSA) is 98.0 Å². The summed E-state index contributed by atoms with van der Waals surface area (Å²) in [5.41, 5.74) is 0.738. The summed E-state index contributed by atoms with van der Waals surface area (Å²) in [7, 11) is 0. The minimum Gasteiger partial charge on any atom is -0.491 e. The summed E-state index contributed by atoms with van der Waals surface area (Å²) in [5, 5.41) is 19.9. The molecule has 1 atom stereocenters. The zero-order chi connectivity index (χ0) is 26.7. The first-order valence-electron chi connectivity index (χ1n) is 12.5. The molecule has 0 bridgehead atoms. The number of halogens is 2. The highest BCUT2D eigenvalue weighted by molar-refractivity contribution is 6.30. The normalized spacial score (nSPS) is 15.2. The summed E-state index contributed by atoms with van der Waals surface area (Å²) in [5.74, 6) is -0.302. The highest BCUT2D eigenvalue weighted by Crippen LogP contribution is 2.37. The summed E-state index contributed by atoms with van der Waals surface area (Å²) >= 11 is 5.98. The minimum atomic E-state index is -1.61. The van der Waals surface area contributed by atoms with Gasteiger partial charge in [0.1, 0.15) is 11.6 Å². The molecule has 2 aromatic carbocycles. The van der Waals surface area contributed by atoms with E-state index in [9.17, 15) is 24.2 Å². The van der Waals surface area contributed by atoms with Crippen LogP contribution in [0.1, 0.15) is 63.1 Å². The molecular formula is C28H31ClFNO6. The van der Waals surface area contributed by atoms with E-state index >= 15 is 0 Å². The summed E-state index contributed by atoms with van der Waals surface area (Å²) in [6.45, 7) is 3.54. The van der Waals surface area contributed by atoms with Crippen molar-refractivity contribution in [3.63, 3.8) is 0 Å². The second-order valence-corrected chi connectivity index (χ2v) is 10.2. The highest BCUT2D eigenvalue weighted by Gasteiger charge is 2.28. The Kier molecular flexibility index (Phi) is 8.39. The van der Waals surface area contributed by atoms with Crippen molar-refractivity contribution in [2.75, 3.05) is 6.61 Å². The molecule has 0 spiro atoms. The number of carboxylic acid groups (broad SMARTS) is 1. The summed E-state index contributed by atoms with van der Waals surface area (Å²) in [4.78, 5) is 24.7. The van der Waals surface area contributed by atoms with Gasteiger partial charge in [-0.2, -0.15) is 0 Å². The lowest BCUT2D eigenvalue weighted by atomic mass is 9.83. The molecule has 0 amide bonds. The fourth-order valence-electron chi connectivity index (χ4n) is 5.21. The molecule has 1 saturated carbocycles. The Hall–Kier alpha value is -3.10. The smallest absolute Gasteiger partial charge is 0.491 e. The van der Waals surface area contributed by atoms with Crippen LogP contribution in [0.5, 0.6) is 11.5 Å². The van der Waals surface area contributed by atoms with Crippen molar-refractivity contribution in [1.29, 1.82) is 0 Å². The van der Waals surface area contributed by atoms with Crippen molar-refractivity contribution in [2.45, 2.75) is 64.5 Å². The van der Waals surface area contributed by atoms with E-state index in [4.69, 9.17) is 21.1 Å². The summed E-state index contributed by atoms with van der Waals surface area (Å²) in [6.07, 6.45) is 4.67. The Morgan fingerprint density at radius 1 is 1.16 bits per heavy atom. The van der Waals surface area contributed by atoms with Crippen LogP contribution >= 0.6 is 11.6 Å². The van der Waals surface area contributed by atoms with Crippen molar-refractivity contribution in [2.24, 2.45) is 5.92 Å². The molecule has 0 radical (unpaired) electrons. The second-order valence-electron chi connectivity index (χ2n) is 9.78. The highest BCUT2D eigenvalue weighted by atomic mass is 35.5. The number of carbonyl (C=O) groups is 1. The van der Waals surface area contributed by atoms with E-state index in [1.54, 1.807) is 28.8 Å². The largest absolute Gasteiger partial charge is 0.511 e. The van der Waals surface area contributed by atoms with Gasteiger partial charge in [-0.15, -0.1) is 0 Å². The van der Waals surface area contributed by atoms with E-state index in [2.05, 4.69) is 0 Å². The zero-order valence-corrected chi connectivity index (χ0v) is 21.6. The molecule has 0 saturated heterocycles. The molecule has 0 unspecified atom stereocenters. The first kappa shape index (κ1) is 26.9. The number of aliphatic hydroxyl groups excluding tert-OH is 1. The molecule has 4 rings (SSSR count). The van der Waals surface area contributed by atoms with Crippen LogP contribution in [0.4, 0.5) is 9.18 Å². The van der Waals surface area contributed by atoms with Gasteiger partial charge in [-0.05, 0) is 55.9 Å². The molecule has 2 N–H and O–H groups in total. The molecule has 9 heteroatoms. The predicted molar refractivity (Wildman–Crippen MR) is 140 cm³/mol. The molecule has 1 aliphatic carbocycles. The number of nitrogens with zero attached hydrogens (tertiary/aromatic N) is 1. The number of aromatic nitrogens is 1. The van der Waals surface area contributed by atoms with Crippen LogP contribution in [-0.2, 0) is 6.42 Å². The maximum absolute atomic E-state index is 14.8. The minimum absolute atomic E-state index is 0.0117. The first-order chi connectivity index (χ1) is 17.7. The molecule has 1 aliphatic rings. The van der Waals surface area contributed by atoms with Crippen molar-refractivity contribution >= 4 is 28.7 Å². The summed E-state index contributed by atoms with van der Waals surface area (Å²) < 4.78 is 27.4. The number of aliphatic hydroxyl groups is 1. The van der Waals surface area contributed by atoms with Gasteiger partial charge in [-0.3, -0.25) is 4.79 Å². The first-order valence-corrected chi connectivity index (χ1v) is 12.9. The molecule has 198 valence electrons. The van der Waals surface area contributed by atoms with Gasteiger partial charge in [0.2, 0.25) is 5.43 Å². The lowest BCUT2D eigenvalue weighted by molar-refractivity contribution is 0.141. The van der Waals surface area contributed by atoms with Crippen molar-refractivity contribution in [3.8, 4) is 11.5 Å². The molecule has 0 aliphatic heterocycles. The zero-order valence-electron chi connectivity index (χ0n) is 20.9. The van der Waals surface area contributed by atoms with Gasteiger partial charge >= 0.3 is 6.16 Å². The molecule has 3 aromatic rings. The molecule has 7 nitrogen and oxygen atoms in total.